The number of aromatic carboxylic acids is 1. The molecule has 1 atom stereocenters. The molecule has 0 saturated heterocycles. The number of aliphatic hydroxyl groups is 1. The van der Waals surface area contributed by atoms with Gasteiger partial charge in [0.15, 0.2) is 5.69 Å². The molecule has 6 nitrogen and oxygen atoms in total. The normalized spacial score (nSPS) is 12.1. The van der Waals surface area contributed by atoms with Crippen molar-refractivity contribution in [3.8, 4) is 0 Å². The van der Waals surface area contributed by atoms with Crippen LogP contribution in [-0.2, 0) is 4.74 Å². The topological polar surface area (TPSA) is 91.7 Å². The molecule has 0 aromatic carbocycles. The van der Waals surface area contributed by atoms with Crippen LogP contribution in [0, 0.1) is 0 Å². The number of hydrogen-bond donors (Lipinski definition) is 3. The number of carboxylic acid groups (broad SMARTS) is 1. The first-order chi connectivity index (χ1) is 7.63. The first kappa shape index (κ1) is 12.4. The molecule has 1 heterocycles. The highest BCUT2D eigenvalue weighted by Crippen LogP contribution is 2.04. The van der Waals surface area contributed by atoms with Crippen LogP contribution in [0.3, 0.4) is 0 Å². The Morgan fingerprint density at radius 3 is 3.00 bits per heavy atom. The van der Waals surface area contributed by atoms with E-state index in [1.165, 1.54) is 13.2 Å². The summed E-state index contributed by atoms with van der Waals surface area (Å²) in [5, 5.41) is 20.9. The number of carbonyl (C=O) groups is 1. The monoisotopic (exact) mass is 226 g/mol. The summed E-state index contributed by atoms with van der Waals surface area (Å²) >= 11 is 0. The van der Waals surface area contributed by atoms with E-state index in [2.05, 4.69) is 10.3 Å². The molecule has 0 amide bonds. The van der Waals surface area contributed by atoms with E-state index in [0.717, 1.165) is 0 Å². The van der Waals surface area contributed by atoms with Crippen LogP contribution in [0.5, 0.6) is 0 Å². The molecule has 1 rings (SSSR count). The second-order valence-electron chi connectivity index (χ2n) is 3.20. The third-order valence-corrected chi connectivity index (χ3v) is 1.85. The molecule has 16 heavy (non-hydrogen) atoms. The summed E-state index contributed by atoms with van der Waals surface area (Å²) < 4.78 is 4.75. The number of carboxylic acids is 1. The summed E-state index contributed by atoms with van der Waals surface area (Å²) in [6, 6.07) is 4.62. The number of aromatic nitrogens is 1. The predicted molar refractivity (Wildman–Crippen MR) is 57.6 cm³/mol. The maximum Gasteiger partial charge on any atom is 0.354 e. The number of ether oxygens (including phenoxy) is 1. The van der Waals surface area contributed by atoms with Crippen molar-refractivity contribution >= 4 is 11.8 Å². The lowest BCUT2D eigenvalue weighted by Gasteiger charge is -2.11. The van der Waals surface area contributed by atoms with Crippen molar-refractivity contribution in [3.63, 3.8) is 0 Å². The zero-order valence-electron chi connectivity index (χ0n) is 8.88. The number of nitrogens with zero attached hydrogens (tertiary/aromatic N) is 1. The van der Waals surface area contributed by atoms with Crippen LogP contribution in [0.25, 0.3) is 0 Å². The van der Waals surface area contributed by atoms with Crippen molar-refractivity contribution < 1.29 is 19.7 Å². The smallest absolute Gasteiger partial charge is 0.354 e. The molecule has 6 heteroatoms. The summed E-state index contributed by atoms with van der Waals surface area (Å²) in [7, 11) is 1.49. The van der Waals surface area contributed by atoms with E-state index in [4.69, 9.17) is 9.84 Å². The van der Waals surface area contributed by atoms with Crippen LogP contribution in [0.2, 0.25) is 0 Å². The molecule has 3 N–H and O–H groups in total. The average molecular weight is 226 g/mol. The Hall–Kier alpha value is -1.66. The van der Waals surface area contributed by atoms with Gasteiger partial charge in [0.05, 0.1) is 12.7 Å². The van der Waals surface area contributed by atoms with Gasteiger partial charge in [-0.25, -0.2) is 9.78 Å². The van der Waals surface area contributed by atoms with Gasteiger partial charge in [0.25, 0.3) is 0 Å². The summed E-state index contributed by atoms with van der Waals surface area (Å²) in [5.41, 5.74) is -0.0359. The Bertz CT molecular complexity index is 356. The van der Waals surface area contributed by atoms with E-state index in [1.807, 2.05) is 0 Å². The Morgan fingerprint density at radius 2 is 2.38 bits per heavy atom. The number of anilines is 1. The van der Waals surface area contributed by atoms with Gasteiger partial charge in [-0.05, 0) is 12.1 Å². The summed E-state index contributed by atoms with van der Waals surface area (Å²) in [4.78, 5) is 14.5. The van der Waals surface area contributed by atoms with Gasteiger partial charge >= 0.3 is 5.97 Å². The maximum atomic E-state index is 10.6. The van der Waals surface area contributed by atoms with Gasteiger partial charge in [-0.3, -0.25) is 0 Å². The summed E-state index contributed by atoms with van der Waals surface area (Å²) in [6.45, 7) is 0.468. The van der Waals surface area contributed by atoms with E-state index in [1.54, 1.807) is 12.1 Å². The highest BCUT2D eigenvalue weighted by atomic mass is 16.5. The molecular weight excluding hydrogens is 212 g/mol. The first-order valence-electron chi connectivity index (χ1n) is 4.74. The number of aliphatic hydroxyl groups excluding tert-OH is 1. The lowest BCUT2D eigenvalue weighted by atomic mass is 10.3. The zero-order chi connectivity index (χ0) is 12.0. The van der Waals surface area contributed by atoms with Crippen LogP contribution in [-0.4, -0.2) is 47.5 Å². The molecule has 0 fully saturated rings. The van der Waals surface area contributed by atoms with Gasteiger partial charge in [-0.15, -0.1) is 0 Å². The molecule has 0 radical (unpaired) electrons. The minimum absolute atomic E-state index is 0.0359. The van der Waals surface area contributed by atoms with Gasteiger partial charge in [0.1, 0.15) is 5.82 Å². The number of nitrogens with one attached hydrogen (secondary N) is 1. The van der Waals surface area contributed by atoms with Gasteiger partial charge in [0, 0.05) is 13.7 Å². The van der Waals surface area contributed by atoms with Crippen molar-refractivity contribution in [2.45, 2.75) is 6.10 Å². The standard InChI is InChI=1S/C10H14N2O4/c1-16-6-7(13)5-11-9-4-2-3-8(12-9)10(14)15/h2-4,7,13H,5-6H2,1H3,(H,11,12)(H,14,15)/t7-/m1/s1. The summed E-state index contributed by atoms with van der Waals surface area (Å²) in [5.74, 6) is -0.670. The van der Waals surface area contributed by atoms with Gasteiger partial charge < -0.3 is 20.3 Å². The molecule has 1 aromatic heterocycles. The van der Waals surface area contributed by atoms with Crippen LogP contribution < -0.4 is 5.32 Å². The molecule has 88 valence electrons. The van der Waals surface area contributed by atoms with Crippen molar-refractivity contribution in [3.05, 3.63) is 23.9 Å². The highest BCUT2D eigenvalue weighted by Gasteiger charge is 2.06. The first-order valence-corrected chi connectivity index (χ1v) is 4.74. The Labute approximate surface area is 92.9 Å². The molecule has 0 unspecified atom stereocenters. The Kier molecular flexibility index (Phi) is 4.68. The molecule has 1 aromatic rings. The van der Waals surface area contributed by atoms with E-state index >= 15 is 0 Å². The fourth-order valence-corrected chi connectivity index (χ4v) is 1.13. The van der Waals surface area contributed by atoms with E-state index in [-0.39, 0.29) is 18.8 Å². The van der Waals surface area contributed by atoms with Crippen molar-refractivity contribution in [2.75, 3.05) is 25.6 Å². The minimum Gasteiger partial charge on any atom is -0.477 e. The lowest BCUT2D eigenvalue weighted by Crippen LogP contribution is -2.24. The second-order valence-corrected chi connectivity index (χ2v) is 3.20. The number of rotatable bonds is 6. The lowest BCUT2D eigenvalue weighted by molar-refractivity contribution is 0.0690. The van der Waals surface area contributed by atoms with Gasteiger partial charge in [0.2, 0.25) is 0 Å². The molecule has 0 aliphatic rings. The van der Waals surface area contributed by atoms with Crippen molar-refractivity contribution in [2.24, 2.45) is 0 Å². The van der Waals surface area contributed by atoms with Crippen LogP contribution in [0.4, 0.5) is 5.82 Å². The quantitative estimate of drug-likeness (QED) is 0.641. The average Bonchev–Trinajstić information content (AvgIpc) is 2.27. The van der Waals surface area contributed by atoms with Crippen molar-refractivity contribution in [1.29, 1.82) is 0 Å². The van der Waals surface area contributed by atoms with E-state index in [9.17, 15) is 9.90 Å². The third-order valence-electron chi connectivity index (χ3n) is 1.85. The highest BCUT2D eigenvalue weighted by molar-refractivity contribution is 5.85. The van der Waals surface area contributed by atoms with Gasteiger partial charge in [-0.1, -0.05) is 6.07 Å². The van der Waals surface area contributed by atoms with Gasteiger partial charge in [-0.2, -0.15) is 0 Å². The van der Waals surface area contributed by atoms with E-state index in [0.29, 0.717) is 5.82 Å². The molecule has 0 aliphatic heterocycles. The summed E-state index contributed by atoms with van der Waals surface area (Å²) in [6.07, 6.45) is -0.653. The molecule has 0 aliphatic carbocycles. The van der Waals surface area contributed by atoms with Crippen LogP contribution in [0.15, 0.2) is 18.2 Å². The SMILES string of the molecule is COC[C@H](O)CNc1cccc(C(=O)O)n1. The maximum absolute atomic E-state index is 10.6. The van der Waals surface area contributed by atoms with Crippen LogP contribution >= 0.6 is 0 Å². The molecule has 0 saturated carbocycles. The Balaban J connectivity index is 2.54. The fraction of sp³-hybridized carbons (Fsp3) is 0.400. The molecule has 0 bridgehead atoms. The van der Waals surface area contributed by atoms with Crippen molar-refractivity contribution in [1.82, 2.24) is 4.98 Å². The molecule has 0 spiro atoms. The molecular formula is C10H14N2O4. The largest absolute Gasteiger partial charge is 0.477 e. The number of hydrogen-bond acceptors (Lipinski definition) is 5. The number of methoxy groups -OCH3 is 1. The Morgan fingerprint density at radius 1 is 1.62 bits per heavy atom. The zero-order valence-corrected chi connectivity index (χ0v) is 8.88. The van der Waals surface area contributed by atoms with E-state index < -0.39 is 12.1 Å². The second kappa shape index (κ2) is 6.04. The predicted octanol–water partition coefficient (Wildman–Crippen LogP) is 0.199. The number of pyridine rings is 1. The minimum atomic E-state index is -1.08. The van der Waals surface area contributed by atoms with Crippen LogP contribution in [0.1, 0.15) is 10.5 Å². The fourth-order valence-electron chi connectivity index (χ4n) is 1.13. The third kappa shape index (κ3) is 3.84.